The number of hydrogen-bond donors (Lipinski definition) is 1. The fraction of sp³-hybridized carbons (Fsp3) is 0.647. The van der Waals surface area contributed by atoms with Gasteiger partial charge in [0.05, 0.1) is 6.61 Å². The number of ether oxygens (including phenoxy) is 1. The van der Waals surface area contributed by atoms with E-state index in [0.29, 0.717) is 0 Å². The largest absolute Gasteiger partial charge is 0.492 e. The molecule has 1 aromatic rings. The summed E-state index contributed by atoms with van der Waals surface area (Å²) in [7, 11) is 0. The zero-order chi connectivity index (χ0) is 14.6. The third-order valence-electron chi connectivity index (χ3n) is 4.45. The van der Waals surface area contributed by atoms with Crippen molar-refractivity contribution >= 4 is 24.2 Å². The molecule has 1 fully saturated rings. The first kappa shape index (κ1) is 16.0. The van der Waals surface area contributed by atoms with Crippen molar-refractivity contribution in [2.24, 2.45) is 5.41 Å². The molecule has 1 aliphatic carbocycles. The second-order valence-electron chi connectivity index (χ2n) is 6.23. The fourth-order valence-corrected chi connectivity index (χ4v) is 3.91. The van der Waals surface area contributed by atoms with Gasteiger partial charge >= 0.3 is 0 Å². The Labute approximate surface area is 133 Å². The molecule has 3 heteroatoms. The summed E-state index contributed by atoms with van der Waals surface area (Å²) in [5.41, 5.74) is 2.49. The lowest BCUT2D eigenvalue weighted by molar-refractivity contribution is 0.147. The number of halogens is 1. The molecule has 1 nitrogen and oxygen atoms in total. The predicted molar refractivity (Wildman–Crippen MR) is 90.4 cm³/mol. The molecule has 0 spiro atoms. The lowest BCUT2D eigenvalue weighted by Crippen LogP contribution is -2.30. The monoisotopic (exact) mass is 312 g/mol. The zero-order valence-corrected chi connectivity index (χ0v) is 14.2. The minimum Gasteiger partial charge on any atom is -0.492 e. The van der Waals surface area contributed by atoms with Crippen LogP contribution in [0.2, 0.25) is 5.02 Å². The first-order valence-corrected chi connectivity index (χ1v) is 8.58. The predicted octanol–water partition coefficient (Wildman–Crippen LogP) is 5.61. The van der Waals surface area contributed by atoms with Crippen LogP contribution >= 0.6 is 24.2 Å². The smallest absolute Gasteiger partial charge is 0.125 e. The minimum atomic E-state index is 0.248. The quantitative estimate of drug-likeness (QED) is 0.562. The number of rotatable bonds is 4. The van der Waals surface area contributed by atoms with Crippen LogP contribution in [0.5, 0.6) is 5.75 Å². The highest BCUT2D eigenvalue weighted by Crippen LogP contribution is 2.37. The molecule has 0 heterocycles. The molecule has 20 heavy (non-hydrogen) atoms. The third-order valence-corrected chi connectivity index (χ3v) is 5.34. The van der Waals surface area contributed by atoms with E-state index in [1.165, 1.54) is 38.5 Å². The molecule has 1 aliphatic rings. The van der Waals surface area contributed by atoms with E-state index in [0.717, 1.165) is 34.3 Å². The number of hydrogen-bond acceptors (Lipinski definition) is 2. The lowest BCUT2D eigenvalue weighted by atomic mass is 9.83. The van der Waals surface area contributed by atoms with Crippen LogP contribution in [0.3, 0.4) is 0 Å². The maximum Gasteiger partial charge on any atom is 0.125 e. The summed E-state index contributed by atoms with van der Waals surface area (Å²) in [5, 5.41) is 0.783. The van der Waals surface area contributed by atoms with Gasteiger partial charge in [-0.1, -0.05) is 37.3 Å². The molecule has 1 saturated carbocycles. The van der Waals surface area contributed by atoms with Gasteiger partial charge in [-0.25, -0.2) is 0 Å². The van der Waals surface area contributed by atoms with E-state index < -0.39 is 0 Å². The van der Waals surface area contributed by atoms with Gasteiger partial charge < -0.3 is 4.74 Å². The summed E-state index contributed by atoms with van der Waals surface area (Å²) >= 11 is 10.7. The van der Waals surface area contributed by atoms with Gasteiger partial charge in [-0.2, -0.15) is 12.6 Å². The van der Waals surface area contributed by atoms with Crippen molar-refractivity contribution in [1.29, 1.82) is 0 Å². The van der Waals surface area contributed by atoms with Gasteiger partial charge in [-0.3, -0.25) is 0 Å². The van der Waals surface area contributed by atoms with Gasteiger partial charge in [-0.15, -0.1) is 0 Å². The van der Waals surface area contributed by atoms with Crippen LogP contribution in [0, 0.1) is 19.3 Å². The van der Waals surface area contributed by atoms with E-state index >= 15 is 0 Å². The Hall–Kier alpha value is -0.340. The van der Waals surface area contributed by atoms with Crippen molar-refractivity contribution in [3.05, 3.63) is 28.3 Å². The summed E-state index contributed by atoms with van der Waals surface area (Å²) < 4.78 is 6.20. The molecule has 0 radical (unpaired) electrons. The minimum absolute atomic E-state index is 0.248. The lowest BCUT2D eigenvalue weighted by Gasteiger charge is -2.31. The van der Waals surface area contributed by atoms with Crippen molar-refractivity contribution in [2.45, 2.75) is 52.4 Å². The van der Waals surface area contributed by atoms with Crippen LogP contribution in [-0.2, 0) is 0 Å². The molecule has 1 aromatic carbocycles. The standard InChI is InChI=1S/C17H25ClOS/c1-13-9-15(18)10-14(2)16(13)19-11-17(12-20)7-5-3-4-6-8-17/h9-10,20H,3-8,11-12H2,1-2H3. The van der Waals surface area contributed by atoms with Crippen LogP contribution in [0.1, 0.15) is 49.7 Å². The maximum atomic E-state index is 6.20. The molecular formula is C17H25ClOS. The van der Waals surface area contributed by atoms with Crippen LogP contribution in [0.4, 0.5) is 0 Å². The van der Waals surface area contributed by atoms with Gasteiger partial charge in [-0.05, 0) is 55.7 Å². The Morgan fingerprint density at radius 2 is 1.65 bits per heavy atom. The summed E-state index contributed by atoms with van der Waals surface area (Å²) in [6, 6.07) is 3.95. The van der Waals surface area contributed by atoms with E-state index in [1.807, 2.05) is 12.1 Å². The van der Waals surface area contributed by atoms with Crippen LogP contribution in [0.25, 0.3) is 0 Å². The number of aryl methyl sites for hydroxylation is 2. The van der Waals surface area contributed by atoms with Gasteiger partial charge in [0.1, 0.15) is 5.75 Å². The van der Waals surface area contributed by atoms with E-state index in [2.05, 4.69) is 26.5 Å². The van der Waals surface area contributed by atoms with Crippen molar-refractivity contribution in [3.8, 4) is 5.75 Å². The third kappa shape index (κ3) is 3.85. The van der Waals surface area contributed by atoms with E-state index in [9.17, 15) is 0 Å². The molecule has 112 valence electrons. The summed E-state index contributed by atoms with van der Waals surface area (Å²) in [6.45, 7) is 4.91. The molecular weight excluding hydrogens is 288 g/mol. The normalized spacial score (nSPS) is 18.6. The molecule has 0 unspecified atom stereocenters. The molecule has 0 amide bonds. The number of thiol groups is 1. The van der Waals surface area contributed by atoms with Gasteiger partial charge in [0.2, 0.25) is 0 Å². The molecule has 0 aromatic heterocycles. The first-order chi connectivity index (χ1) is 9.56. The van der Waals surface area contributed by atoms with E-state index in [4.69, 9.17) is 16.3 Å². The number of benzene rings is 1. The Bertz CT molecular complexity index is 427. The van der Waals surface area contributed by atoms with Crippen molar-refractivity contribution in [2.75, 3.05) is 12.4 Å². The first-order valence-electron chi connectivity index (χ1n) is 7.57. The van der Waals surface area contributed by atoms with Crippen LogP contribution in [0.15, 0.2) is 12.1 Å². The SMILES string of the molecule is Cc1cc(Cl)cc(C)c1OCC1(CS)CCCCCC1. The molecule has 0 N–H and O–H groups in total. The van der Waals surface area contributed by atoms with E-state index in [-0.39, 0.29) is 5.41 Å². The molecule has 0 saturated heterocycles. The summed E-state index contributed by atoms with van der Waals surface area (Å²) in [6.07, 6.45) is 7.80. The Morgan fingerprint density at radius 1 is 1.10 bits per heavy atom. The molecule has 0 aliphatic heterocycles. The Balaban J connectivity index is 2.10. The highest BCUT2D eigenvalue weighted by atomic mass is 35.5. The highest BCUT2D eigenvalue weighted by molar-refractivity contribution is 7.80. The Kier molecular flexibility index (Phi) is 5.68. The van der Waals surface area contributed by atoms with Crippen molar-refractivity contribution in [1.82, 2.24) is 0 Å². The van der Waals surface area contributed by atoms with Crippen LogP contribution in [-0.4, -0.2) is 12.4 Å². The molecule has 0 atom stereocenters. The summed E-state index contributed by atoms with van der Waals surface area (Å²) in [5.74, 6) is 1.92. The second kappa shape index (κ2) is 7.09. The van der Waals surface area contributed by atoms with Gasteiger partial charge in [0, 0.05) is 10.4 Å². The zero-order valence-electron chi connectivity index (χ0n) is 12.5. The maximum absolute atomic E-state index is 6.20. The Morgan fingerprint density at radius 3 is 2.15 bits per heavy atom. The fourth-order valence-electron chi connectivity index (χ4n) is 3.18. The highest BCUT2D eigenvalue weighted by Gasteiger charge is 2.30. The topological polar surface area (TPSA) is 9.23 Å². The average molecular weight is 313 g/mol. The molecule has 2 rings (SSSR count). The van der Waals surface area contributed by atoms with Gasteiger partial charge in [0.15, 0.2) is 0 Å². The molecule has 0 bridgehead atoms. The summed E-state index contributed by atoms with van der Waals surface area (Å²) in [4.78, 5) is 0. The van der Waals surface area contributed by atoms with Gasteiger partial charge in [0.25, 0.3) is 0 Å². The van der Waals surface area contributed by atoms with E-state index in [1.54, 1.807) is 0 Å². The van der Waals surface area contributed by atoms with Crippen molar-refractivity contribution < 1.29 is 4.74 Å². The second-order valence-corrected chi connectivity index (χ2v) is 6.98. The average Bonchev–Trinajstić information content (AvgIpc) is 2.63. The van der Waals surface area contributed by atoms with Crippen LogP contribution < -0.4 is 4.74 Å². The van der Waals surface area contributed by atoms with Crippen molar-refractivity contribution in [3.63, 3.8) is 0 Å².